The van der Waals surface area contributed by atoms with Crippen molar-refractivity contribution in [2.24, 2.45) is 5.73 Å². The van der Waals surface area contributed by atoms with Crippen LogP contribution in [0.3, 0.4) is 0 Å². The number of hydrogen-bond acceptors (Lipinski definition) is 4. The average Bonchev–Trinajstić information content (AvgIpc) is 2.90. The minimum Gasteiger partial charge on any atom is -0.489 e. The molecule has 4 aromatic rings. The molecule has 0 aromatic heterocycles. The van der Waals surface area contributed by atoms with Gasteiger partial charge in [-0.3, -0.25) is 4.79 Å². The molecular weight excluding hydrogens is 424 g/mol. The summed E-state index contributed by atoms with van der Waals surface area (Å²) >= 11 is 0. The lowest BCUT2D eigenvalue weighted by atomic mass is 9.87. The fourth-order valence-corrected chi connectivity index (χ4v) is 4.17. The lowest BCUT2D eigenvalue weighted by Crippen LogP contribution is -2.63. The Hall–Kier alpha value is -4.09. The number of benzene rings is 4. The number of carbonyl (C=O) groups is 1. The van der Waals surface area contributed by atoms with Gasteiger partial charge in [-0.25, -0.2) is 0 Å². The van der Waals surface area contributed by atoms with Gasteiger partial charge in [-0.1, -0.05) is 78.9 Å². The molecule has 1 aliphatic rings. The molecule has 0 radical (unpaired) electrons. The summed E-state index contributed by atoms with van der Waals surface area (Å²) in [6.07, 6.45) is 0. The second kappa shape index (κ2) is 9.81. The monoisotopic (exact) mass is 450 g/mol. The van der Waals surface area contributed by atoms with Crippen molar-refractivity contribution >= 4 is 11.6 Å². The van der Waals surface area contributed by atoms with Crippen molar-refractivity contribution in [1.29, 1.82) is 0 Å². The van der Waals surface area contributed by atoms with E-state index < -0.39 is 6.04 Å². The summed E-state index contributed by atoms with van der Waals surface area (Å²) in [6, 6.07) is 34.4. The van der Waals surface area contributed by atoms with E-state index in [9.17, 15) is 4.79 Å². The summed E-state index contributed by atoms with van der Waals surface area (Å²) in [5.41, 5.74) is 10.1. The summed E-state index contributed by atoms with van der Waals surface area (Å²) in [4.78, 5) is 14.4. The number of anilines is 1. The number of hydrogen-bond donors (Lipinski definition) is 1. The van der Waals surface area contributed by atoms with Gasteiger partial charge in [0.05, 0.1) is 6.04 Å². The van der Waals surface area contributed by atoms with Crippen LogP contribution in [-0.2, 0) is 18.0 Å². The maximum absolute atomic E-state index is 12.7. The smallest absolute Gasteiger partial charge is 0.247 e. The van der Waals surface area contributed by atoms with E-state index in [2.05, 4.69) is 0 Å². The molecule has 1 saturated heterocycles. The molecule has 4 aromatic carbocycles. The van der Waals surface area contributed by atoms with Crippen LogP contribution >= 0.6 is 0 Å². The van der Waals surface area contributed by atoms with Gasteiger partial charge >= 0.3 is 0 Å². The van der Waals surface area contributed by atoms with Crippen molar-refractivity contribution in [3.8, 4) is 11.5 Å². The molecule has 1 heterocycles. The summed E-state index contributed by atoms with van der Waals surface area (Å²) in [6.45, 7) is 0.854. The van der Waals surface area contributed by atoms with Crippen molar-refractivity contribution in [2.75, 3.05) is 4.90 Å². The van der Waals surface area contributed by atoms with Gasteiger partial charge in [-0.15, -0.1) is 0 Å². The summed E-state index contributed by atoms with van der Waals surface area (Å²) in [5, 5.41) is 0. The molecule has 2 atom stereocenters. The first-order valence-electron chi connectivity index (χ1n) is 11.3. The Balaban J connectivity index is 1.44. The molecule has 2 N–H and O–H groups in total. The number of amides is 1. The molecule has 5 rings (SSSR count). The van der Waals surface area contributed by atoms with Gasteiger partial charge in [0.15, 0.2) is 0 Å². The van der Waals surface area contributed by atoms with Gasteiger partial charge < -0.3 is 20.1 Å². The van der Waals surface area contributed by atoms with Gasteiger partial charge in [-0.05, 0) is 35.4 Å². The minimum absolute atomic E-state index is 0.102. The normalized spacial score (nSPS) is 17.2. The molecule has 0 bridgehead atoms. The molecule has 170 valence electrons. The van der Waals surface area contributed by atoms with Crippen LogP contribution in [0, 0.1) is 0 Å². The Morgan fingerprint density at radius 3 is 1.88 bits per heavy atom. The number of β-lactam (4-membered cyclic amide) rings is 1. The van der Waals surface area contributed by atoms with Crippen LogP contribution in [0.2, 0.25) is 0 Å². The summed E-state index contributed by atoms with van der Waals surface area (Å²) in [7, 11) is 0. The van der Waals surface area contributed by atoms with Crippen molar-refractivity contribution in [3.05, 3.63) is 126 Å². The van der Waals surface area contributed by atoms with E-state index in [0.717, 1.165) is 22.4 Å². The lowest BCUT2D eigenvalue weighted by molar-refractivity contribution is -0.126. The molecular formula is C29H26N2O3. The number of carbonyl (C=O) groups excluding carboxylic acids is 1. The maximum Gasteiger partial charge on any atom is 0.247 e. The van der Waals surface area contributed by atoms with Crippen molar-refractivity contribution in [1.82, 2.24) is 0 Å². The van der Waals surface area contributed by atoms with Crippen LogP contribution < -0.4 is 20.1 Å². The molecule has 0 saturated carbocycles. The molecule has 1 aliphatic heterocycles. The second-order valence-corrected chi connectivity index (χ2v) is 8.26. The van der Waals surface area contributed by atoms with Crippen LogP contribution in [0.4, 0.5) is 5.69 Å². The first kappa shape index (κ1) is 21.7. The first-order valence-corrected chi connectivity index (χ1v) is 11.3. The zero-order valence-electron chi connectivity index (χ0n) is 18.7. The zero-order chi connectivity index (χ0) is 23.3. The van der Waals surface area contributed by atoms with Crippen molar-refractivity contribution in [3.63, 3.8) is 0 Å². The maximum atomic E-state index is 12.7. The number of nitrogens with two attached hydrogens (primary N) is 1. The highest BCUT2D eigenvalue weighted by molar-refractivity contribution is 6.05. The molecule has 1 amide bonds. The van der Waals surface area contributed by atoms with E-state index in [0.29, 0.717) is 24.7 Å². The number of ether oxygens (including phenoxy) is 2. The highest BCUT2D eigenvalue weighted by Gasteiger charge is 2.47. The Labute approximate surface area is 199 Å². The van der Waals surface area contributed by atoms with E-state index >= 15 is 0 Å². The third kappa shape index (κ3) is 4.51. The predicted octanol–water partition coefficient (Wildman–Crippen LogP) is 5.26. The molecule has 0 spiro atoms. The Kier molecular flexibility index (Phi) is 6.27. The van der Waals surface area contributed by atoms with Crippen molar-refractivity contribution in [2.45, 2.75) is 25.3 Å². The van der Waals surface area contributed by atoms with Crippen LogP contribution in [0.5, 0.6) is 11.5 Å². The third-order valence-corrected chi connectivity index (χ3v) is 5.96. The predicted molar refractivity (Wildman–Crippen MR) is 133 cm³/mol. The van der Waals surface area contributed by atoms with Gasteiger partial charge in [0.2, 0.25) is 5.91 Å². The quantitative estimate of drug-likeness (QED) is 0.372. The third-order valence-electron chi connectivity index (χ3n) is 5.96. The van der Waals surface area contributed by atoms with E-state index in [-0.39, 0.29) is 11.9 Å². The fourth-order valence-electron chi connectivity index (χ4n) is 4.17. The van der Waals surface area contributed by atoms with Gasteiger partial charge in [0.25, 0.3) is 0 Å². The summed E-state index contributed by atoms with van der Waals surface area (Å²) < 4.78 is 12.3. The van der Waals surface area contributed by atoms with Gasteiger partial charge in [0, 0.05) is 17.3 Å². The van der Waals surface area contributed by atoms with Crippen LogP contribution in [0.1, 0.15) is 22.7 Å². The van der Waals surface area contributed by atoms with Crippen molar-refractivity contribution < 1.29 is 14.3 Å². The highest BCUT2D eigenvalue weighted by Crippen LogP contribution is 2.43. The molecule has 5 heteroatoms. The van der Waals surface area contributed by atoms with Gasteiger partial charge in [0.1, 0.15) is 30.8 Å². The fraction of sp³-hybridized carbons (Fsp3) is 0.138. The lowest BCUT2D eigenvalue weighted by Gasteiger charge is -2.46. The molecule has 1 fully saturated rings. The van der Waals surface area contributed by atoms with E-state index in [1.54, 1.807) is 4.90 Å². The minimum atomic E-state index is -0.629. The molecule has 5 nitrogen and oxygen atoms in total. The van der Waals surface area contributed by atoms with Crippen LogP contribution in [0.15, 0.2) is 109 Å². The highest BCUT2D eigenvalue weighted by atomic mass is 16.5. The SMILES string of the molecule is N[C@H]1C(=O)N(c2ccccc2)[C@@H]1c1ccc(OCc2ccccc2)cc1OCc1ccccc1. The van der Waals surface area contributed by atoms with E-state index in [4.69, 9.17) is 15.2 Å². The van der Waals surface area contributed by atoms with Crippen LogP contribution in [-0.4, -0.2) is 11.9 Å². The average molecular weight is 451 g/mol. The Morgan fingerprint density at radius 2 is 1.26 bits per heavy atom. The number of nitrogens with zero attached hydrogens (tertiary/aromatic N) is 1. The standard InChI is InChI=1S/C29H26N2O3/c30-27-28(31(29(27)32)23-14-8-3-9-15-23)25-17-16-24(33-19-21-10-4-1-5-11-21)18-26(25)34-20-22-12-6-2-7-13-22/h1-18,27-28H,19-20,30H2/t27-,28-/m1/s1. The second-order valence-electron chi connectivity index (χ2n) is 8.26. The first-order chi connectivity index (χ1) is 16.7. The molecule has 0 unspecified atom stereocenters. The number of rotatable bonds is 8. The number of para-hydroxylation sites is 1. The summed E-state index contributed by atoms with van der Waals surface area (Å²) in [5.74, 6) is 1.25. The zero-order valence-corrected chi connectivity index (χ0v) is 18.7. The van der Waals surface area contributed by atoms with E-state index in [1.165, 1.54) is 0 Å². The van der Waals surface area contributed by atoms with E-state index in [1.807, 2.05) is 109 Å². The van der Waals surface area contributed by atoms with Crippen LogP contribution in [0.25, 0.3) is 0 Å². The largest absolute Gasteiger partial charge is 0.489 e. The molecule has 34 heavy (non-hydrogen) atoms. The Bertz CT molecular complexity index is 1250. The Morgan fingerprint density at radius 1 is 0.706 bits per heavy atom. The molecule has 0 aliphatic carbocycles. The topological polar surface area (TPSA) is 64.8 Å². The van der Waals surface area contributed by atoms with Gasteiger partial charge in [-0.2, -0.15) is 0 Å².